The molecule has 0 aliphatic carbocycles. The number of nitrogens with one attached hydrogen (secondary N) is 1. The van der Waals surface area contributed by atoms with Gasteiger partial charge in [-0.15, -0.1) is 0 Å². The molecule has 0 saturated carbocycles. The molecule has 3 atom stereocenters. The van der Waals surface area contributed by atoms with Crippen molar-refractivity contribution in [3.63, 3.8) is 0 Å². The van der Waals surface area contributed by atoms with Crippen LogP contribution in [0.1, 0.15) is 47.3 Å². The maximum atomic E-state index is 13.9. The summed E-state index contributed by atoms with van der Waals surface area (Å²) in [5.41, 5.74) is 0.949. The van der Waals surface area contributed by atoms with E-state index < -0.39 is 18.3 Å². The van der Waals surface area contributed by atoms with Gasteiger partial charge in [-0.2, -0.15) is 18.3 Å². The van der Waals surface area contributed by atoms with Crippen molar-refractivity contribution < 1.29 is 18.0 Å². The summed E-state index contributed by atoms with van der Waals surface area (Å²) < 4.78 is 43.5. The number of rotatable bonds is 2. The van der Waals surface area contributed by atoms with Crippen molar-refractivity contribution in [2.45, 2.75) is 43.6 Å². The summed E-state index contributed by atoms with van der Waals surface area (Å²) in [5, 5.41) is 7.17. The second-order valence-corrected chi connectivity index (χ2v) is 9.39. The number of aromatic nitrogens is 2. The number of nitrogens with zero attached hydrogens (tertiary/aromatic N) is 4. The number of piperazine rings is 1. The predicted octanol–water partition coefficient (Wildman–Crippen LogP) is 4.23. The van der Waals surface area contributed by atoms with E-state index in [0.29, 0.717) is 19.1 Å². The van der Waals surface area contributed by atoms with Gasteiger partial charge in [0.25, 0.3) is 5.91 Å². The van der Waals surface area contributed by atoms with E-state index in [1.54, 1.807) is 29.2 Å². The smallest absolute Gasteiger partial charge is 0.363 e. The van der Waals surface area contributed by atoms with Gasteiger partial charge < -0.3 is 10.2 Å². The highest BCUT2D eigenvalue weighted by Crippen LogP contribution is 2.44. The lowest BCUT2D eigenvalue weighted by Crippen LogP contribution is -2.52. The van der Waals surface area contributed by atoms with Crippen LogP contribution < -0.4 is 5.32 Å². The molecule has 2 aromatic rings. The standard InChI is InChI=1S/C21H23BrF3N5O/c22-14-5-3-13(4-6-14)17-10-18(21(23,24)25)30-19(27-17)16(11-26-30)20(31)29-9-8-28-7-1-2-15(28)12-29/h3-6,11,15,17-18,27H,1-2,7-10,12H2/t15-,17-,18+/m0/s1. The first-order chi connectivity index (χ1) is 14.8. The van der Waals surface area contributed by atoms with Gasteiger partial charge in [0.1, 0.15) is 11.4 Å². The van der Waals surface area contributed by atoms with E-state index in [4.69, 9.17) is 0 Å². The monoisotopic (exact) mass is 497 g/mol. The molecule has 6 nitrogen and oxygen atoms in total. The summed E-state index contributed by atoms with van der Waals surface area (Å²) in [7, 11) is 0. The minimum atomic E-state index is -4.47. The van der Waals surface area contributed by atoms with E-state index in [1.807, 2.05) is 0 Å². The third kappa shape index (κ3) is 3.84. The Hall–Kier alpha value is -2.07. The minimum absolute atomic E-state index is 0.153. The second kappa shape index (κ2) is 7.81. The summed E-state index contributed by atoms with van der Waals surface area (Å²) in [6.45, 7) is 3.06. The number of carbonyl (C=O) groups is 1. The molecule has 10 heteroatoms. The highest BCUT2D eigenvalue weighted by atomic mass is 79.9. The lowest BCUT2D eigenvalue weighted by molar-refractivity contribution is -0.173. The average molecular weight is 498 g/mol. The van der Waals surface area contributed by atoms with Crippen LogP contribution in [0.4, 0.5) is 19.0 Å². The molecule has 3 aliphatic heterocycles. The van der Waals surface area contributed by atoms with Crippen LogP contribution in [0.2, 0.25) is 0 Å². The van der Waals surface area contributed by atoms with Gasteiger partial charge in [0.15, 0.2) is 6.04 Å². The van der Waals surface area contributed by atoms with Crippen molar-refractivity contribution >= 4 is 27.7 Å². The molecule has 2 fully saturated rings. The molecule has 3 aliphatic rings. The zero-order valence-corrected chi connectivity index (χ0v) is 18.4. The lowest BCUT2D eigenvalue weighted by atomic mass is 9.96. The molecule has 0 bridgehead atoms. The first-order valence-corrected chi connectivity index (χ1v) is 11.3. The Labute approximate surface area is 186 Å². The lowest BCUT2D eigenvalue weighted by Gasteiger charge is -2.38. The molecule has 1 amide bonds. The van der Waals surface area contributed by atoms with E-state index in [-0.39, 0.29) is 23.7 Å². The molecule has 2 saturated heterocycles. The topological polar surface area (TPSA) is 53.4 Å². The van der Waals surface area contributed by atoms with Crippen molar-refractivity contribution in [3.05, 3.63) is 46.1 Å². The van der Waals surface area contributed by atoms with Crippen LogP contribution in [0.15, 0.2) is 34.9 Å². The first-order valence-electron chi connectivity index (χ1n) is 10.5. The maximum absolute atomic E-state index is 13.9. The molecule has 1 N–H and O–H groups in total. The molecule has 1 aromatic heterocycles. The number of hydrogen-bond donors (Lipinski definition) is 1. The Kier molecular flexibility index (Phi) is 5.24. The highest BCUT2D eigenvalue weighted by Gasteiger charge is 2.47. The van der Waals surface area contributed by atoms with Gasteiger partial charge in [0, 0.05) is 36.6 Å². The van der Waals surface area contributed by atoms with Crippen LogP contribution in [0.5, 0.6) is 0 Å². The maximum Gasteiger partial charge on any atom is 0.410 e. The summed E-state index contributed by atoms with van der Waals surface area (Å²) in [6, 6.07) is 5.18. The Morgan fingerprint density at radius 2 is 1.94 bits per heavy atom. The molecular formula is C21H23BrF3N5O. The third-order valence-electron chi connectivity index (χ3n) is 6.62. The van der Waals surface area contributed by atoms with Gasteiger partial charge in [-0.3, -0.25) is 9.69 Å². The van der Waals surface area contributed by atoms with Crippen molar-refractivity contribution in [1.29, 1.82) is 0 Å². The Morgan fingerprint density at radius 1 is 1.16 bits per heavy atom. The molecule has 0 spiro atoms. The number of halogens is 4. The number of hydrogen-bond acceptors (Lipinski definition) is 4. The van der Waals surface area contributed by atoms with Crippen LogP contribution in [0.3, 0.4) is 0 Å². The average Bonchev–Trinajstić information content (AvgIpc) is 3.38. The number of benzene rings is 1. The number of alkyl halides is 3. The fourth-order valence-electron chi connectivity index (χ4n) is 4.98. The molecule has 31 heavy (non-hydrogen) atoms. The quantitative estimate of drug-likeness (QED) is 0.674. The minimum Gasteiger partial charge on any atom is -0.363 e. The fraction of sp³-hybridized carbons (Fsp3) is 0.524. The van der Waals surface area contributed by atoms with Crippen LogP contribution in [-0.4, -0.2) is 63.9 Å². The van der Waals surface area contributed by atoms with Crippen molar-refractivity contribution in [2.75, 3.05) is 31.5 Å². The van der Waals surface area contributed by atoms with Gasteiger partial charge in [-0.25, -0.2) is 4.68 Å². The third-order valence-corrected chi connectivity index (χ3v) is 7.14. The molecule has 0 radical (unpaired) electrons. The van der Waals surface area contributed by atoms with Crippen LogP contribution >= 0.6 is 15.9 Å². The Balaban J connectivity index is 1.46. The van der Waals surface area contributed by atoms with Crippen molar-refractivity contribution in [1.82, 2.24) is 19.6 Å². The zero-order valence-electron chi connectivity index (χ0n) is 16.8. The SMILES string of the molecule is O=C(c1cnn2c1N[C@H](c1ccc(Br)cc1)C[C@@H]2C(F)(F)F)N1CCN2CCC[C@H]2C1. The first kappa shape index (κ1) is 20.8. The summed E-state index contributed by atoms with van der Waals surface area (Å²) in [4.78, 5) is 17.4. The van der Waals surface area contributed by atoms with Gasteiger partial charge in [0.05, 0.1) is 12.2 Å². The van der Waals surface area contributed by atoms with E-state index in [2.05, 4.69) is 31.2 Å². The number of fused-ring (bicyclic) bond motifs is 2. The fourth-order valence-corrected chi connectivity index (χ4v) is 5.24. The van der Waals surface area contributed by atoms with Crippen molar-refractivity contribution in [2.24, 2.45) is 0 Å². The molecule has 166 valence electrons. The van der Waals surface area contributed by atoms with Gasteiger partial charge in [-0.05, 0) is 37.1 Å². The second-order valence-electron chi connectivity index (χ2n) is 8.48. The van der Waals surface area contributed by atoms with Crippen LogP contribution in [-0.2, 0) is 0 Å². The van der Waals surface area contributed by atoms with Crippen molar-refractivity contribution in [3.8, 4) is 0 Å². The zero-order chi connectivity index (χ0) is 21.8. The predicted molar refractivity (Wildman–Crippen MR) is 113 cm³/mol. The van der Waals surface area contributed by atoms with E-state index in [0.717, 1.165) is 40.6 Å². The van der Waals surface area contributed by atoms with Gasteiger partial charge in [-0.1, -0.05) is 28.1 Å². The van der Waals surface area contributed by atoms with Crippen LogP contribution in [0.25, 0.3) is 0 Å². The number of carbonyl (C=O) groups excluding carboxylic acids is 1. The van der Waals surface area contributed by atoms with E-state index in [9.17, 15) is 18.0 Å². The van der Waals surface area contributed by atoms with Gasteiger partial charge in [0.2, 0.25) is 0 Å². The molecular weight excluding hydrogens is 475 g/mol. The van der Waals surface area contributed by atoms with Crippen LogP contribution in [0, 0.1) is 0 Å². The highest BCUT2D eigenvalue weighted by molar-refractivity contribution is 9.10. The largest absolute Gasteiger partial charge is 0.410 e. The summed E-state index contributed by atoms with van der Waals surface area (Å²) in [5.74, 6) is -0.0991. The number of amides is 1. The normalized spacial score (nSPS) is 26.3. The molecule has 1 aromatic carbocycles. The summed E-state index contributed by atoms with van der Waals surface area (Å²) in [6.07, 6.45) is -1.19. The molecule has 5 rings (SSSR count). The number of anilines is 1. The summed E-state index contributed by atoms with van der Waals surface area (Å²) >= 11 is 3.36. The van der Waals surface area contributed by atoms with E-state index in [1.165, 1.54) is 6.20 Å². The van der Waals surface area contributed by atoms with E-state index >= 15 is 0 Å². The Morgan fingerprint density at radius 3 is 2.68 bits per heavy atom. The molecule has 4 heterocycles. The van der Waals surface area contributed by atoms with Gasteiger partial charge >= 0.3 is 6.18 Å². The Bertz CT molecular complexity index is 976. The molecule has 0 unspecified atom stereocenters.